The highest BCUT2D eigenvalue weighted by atomic mass is 35.5. The molecule has 0 amide bonds. The molecule has 1 atom stereocenters. The molecular formula is C14H24Cl2N2. The molecule has 0 aliphatic heterocycles. The first kappa shape index (κ1) is 15.8. The van der Waals surface area contributed by atoms with E-state index in [1.807, 2.05) is 14.0 Å². The number of nitrogens with zero attached hydrogens (tertiary/aromatic N) is 2. The van der Waals surface area contributed by atoms with E-state index in [0.717, 1.165) is 35.7 Å². The molecule has 0 radical (unpaired) electrons. The van der Waals surface area contributed by atoms with E-state index in [9.17, 15) is 0 Å². The lowest BCUT2D eigenvalue weighted by atomic mass is 9.77. The Morgan fingerprint density at radius 2 is 2.00 bits per heavy atom. The maximum Gasteiger partial charge on any atom is 0.130 e. The van der Waals surface area contributed by atoms with Crippen LogP contribution >= 0.6 is 23.2 Å². The third-order valence-electron chi connectivity index (χ3n) is 3.92. The van der Waals surface area contributed by atoms with E-state index in [0.29, 0.717) is 5.88 Å². The van der Waals surface area contributed by atoms with Gasteiger partial charge in [-0.25, -0.2) is 0 Å². The van der Waals surface area contributed by atoms with Gasteiger partial charge in [-0.15, -0.1) is 11.6 Å². The minimum absolute atomic E-state index is 0.162. The Hall–Kier alpha value is -0.210. The molecular weight excluding hydrogens is 267 g/mol. The summed E-state index contributed by atoms with van der Waals surface area (Å²) in [6, 6.07) is 0. The molecule has 1 aromatic heterocycles. The molecule has 0 aliphatic carbocycles. The van der Waals surface area contributed by atoms with Crippen molar-refractivity contribution in [1.82, 2.24) is 9.78 Å². The second kappa shape index (κ2) is 6.81. The Labute approximate surface area is 121 Å². The molecule has 0 fully saturated rings. The van der Waals surface area contributed by atoms with E-state index in [1.165, 1.54) is 12.8 Å². The van der Waals surface area contributed by atoms with Crippen molar-refractivity contribution in [3.63, 3.8) is 0 Å². The molecule has 0 saturated heterocycles. The highest BCUT2D eigenvalue weighted by molar-refractivity contribution is 6.30. The van der Waals surface area contributed by atoms with Crippen LogP contribution in [0.3, 0.4) is 0 Å². The molecule has 4 heteroatoms. The minimum Gasteiger partial charge on any atom is -0.257 e. The Bertz CT molecular complexity index is 381. The van der Waals surface area contributed by atoms with Crippen molar-refractivity contribution in [3.05, 3.63) is 16.4 Å². The van der Waals surface area contributed by atoms with Crippen molar-refractivity contribution < 1.29 is 0 Å². The predicted molar refractivity (Wildman–Crippen MR) is 79.6 cm³/mol. The fraction of sp³-hybridized carbons (Fsp3) is 0.786. The first-order valence-electron chi connectivity index (χ1n) is 6.73. The zero-order chi connectivity index (χ0) is 13.8. The summed E-state index contributed by atoms with van der Waals surface area (Å²) in [5, 5.41) is 5.14. The molecule has 1 aromatic rings. The highest BCUT2D eigenvalue weighted by Crippen LogP contribution is 2.37. The zero-order valence-electron chi connectivity index (χ0n) is 11.9. The maximum absolute atomic E-state index is 6.33. The van der Waals surface area contributed by atoms with Crippen LogP contribution in [0.5, 0.6) is 0 Å². The summed E-state index contributed by atoms with van der Waals surface area (Å²) in [5.41, 5.74) is 2.36. The fourth-order valence-electron chi connectivity index (χ4n) is 2.40. The van der Waals surface area contributed by atoms with Crippen molar-refractivity contribution in [2.45, 2.75) is 52.9 Å². The summed E-state index contributed by atoms with van der Waals surface area (Å²) in [4.78, 5) is 0. The molecule has 0 saturated carbocycles. The van der Waals surface area contributed by atoms with Crippen molar-refractivity contribution in [2.75, 3.05) is 5.88 Å². The van der Waals surface area contributed by atoms with E-state index in [-0.39, 0.29) is 5.41 Å². The van der Waals surface area contributed by atoms with Gasteiger partial charge in [0, 0.05) is 18.5 Å². The van der Waals surface area contributed by atoms with Crippen LogP contribution in [0.15, 0.2) is 0 Å². The number of aromatic nitrogens is 2. The lowest BCUT2D eigenvalue weighted by molar-refractivity contribution is 0.278. The second-order valence-electron chi connectivity index (χ2n) is 5.25. The maximum atomic E-state index is 6.33. The van der Waals surface area contributed by atoms with Crippen LogP contribution < -0.4 is 0 Å². The van der Waals surface area contributed by atoms with Crippen molar-refractivity contribution in [3.8, 4) is 0 Å². The Kier molecular flexibility index (Phi) is 6.00. The van der Waals surface area contributed by atoms with Crippen molar-refractivity contribution in [1.29, 1.82) is 0 Å². The number of alkyl halides is 1. The third-order valence-corrected chi connectivity index (χ3v) is 4.96. The molecule has 0 aliphatic rings. The Balaban J connectivity index is 2.95. The molecule has 2 nitrogen and oxygen atoms in total. The van der Waals surface area contributed by atoms with Gasteiger partial charge in [0.15, 0.2) is 0 Å². The van der Waals surface area contributed by atoms with Crippen LogP contribution in [-0.2, 0) is 13.5 Å². The summed E-state index contributed by atoms with van der Waals surface area (Å²) in [7, 11) is 1.89. The quantitative estimate of drug-likeness (QED) is 0.663. The first-order chi connectivity index (χ1) is 8.49. The zero-order valence-corrected chi connectivity index (χ0v) is 13.4. The Morgan fingerprint density at radius 3 is 2.39 bits per heavy atom. The molecule has 18 heavy (non-hydrogen) atoms. The number of hydrogen-bond donors (Lipinski definition) is 0. The van der Waals surface area contributed by atoms with Crippen LogP contribution in [0.1, 0.15) is 50.8 Å². The number of hydrogen-bond acceptors (Lipinski definition) is 1. The monoisotopic (exact) mass is 290 g/mol. The summed E-state index contributed by atoms with van der Waals surface area (Å²) in [6.45, 7) is 6.46. The van der Waals surface area contributed by atoms with E-state index in [4.69, 9.17) is 23.2 Å². The topological polar surface area (TPSA) is 17.8 Å². The van der Waals surface area contributed by atoms with E-state index >= 15 is 0 Å². The van der Waals surface area contributed by atoms with Gasteiger partial charge in [-0.3, -0.25) is 4.68 Å². The molecule has 104 valence electrons. The van der Waals surface area contributed by atoms with Gasteiger partial charge in [0.2, 0.25) is 0 Å². The van der Waals surface area contributed by atoms with Crippen LogP contribution in [-0.4, -0.2) is 15.7 Å². The minimum atomic E-state index is 0.162. The first-order valence-corrected chi connectivity index (χ1v) is 7.65. The largest absolute Gasteiger partial charge is 0.257 e. The SMILES string of the molecule is CCCCC(CC)(CCl)Cc1c(C)nn(C)c1Cl. The molecule has 1 unspecified atom stereocenters. The van der Waals surface area contributed by atoms with Crippen molar-refractivity contribution >= 4 is 23.2 Å². The van der Waals surface area contributed by atoms with Gasteiger partial charge < -0.3 is 0 Å². The summed E-state index contributed by atoms with van der Waals surface area (Å²) >= 11 is 12.6. The molecule has 1 rings (SSSR count). The number of halogens is 2. The highest BCUT2D eigenvalue weighted by Gasteiger charge is 2.29. The van der Waals surface area contributed by atoms with Gasteiger partial charge >= 0.3 is 0 Å². The lowest BCUT2D eigenvalue weighted by Gasteiger charge is -2.30. The standard InChI is InChI=1S/C14H24Cl2N2/c1-5-7-8-14(6-2,10-15)9-12-11(3)17-18(4)13(12)16/h5-10H2,1-4H3. The molecule has 0 aromatic carbocycles. The van der Waals surface area contributed by atoms with E-state index in [1.54, 1.807) is 4.68 Å². The number of aryl methyl sites for hydroxylation is 2. The van der Waals surface area contributed by atoms with Gasteiger partial charge in [-0.1, -0.05) is 38.3 Å². The fourth-order valence-corrected chi connectivity index (χ4v) is 3.06. The molecule has 0 N–H and O–H groups in total. The normalized spacial score (nSPS) is 14.8. The summed E-state index contributed by atoms with van der Waals surface area (Å²) in [5.74, 6) is 0.689. The average Bonchev–Trinajstić information content (AvgIpc) is 2.61. The van der Waals surface area contributed by atoms with Crippen LogP contribution in [0.25, 0.3) is 0 Å². The summed E-state index contributed by atoms with van der Waals surface area (Å²) in [6.07, 6.45) is 5.61. The predicted octanol–water partition coefficient (Wildman–Crippen LogP) is 4.75. The second-order valence-corrected chi connectivity index (χ2v) is 5.87. The molecule has 0 spiro atoms. The van der Waals surface area contributed by atoms with Gasteiger partial charge in [-0.05, 0) is 31.6 Å². The summed E-state index contributed by atoms with van der Waals surface area (Å²) < 4.78 is 1.75. The van der Waals surface area contributed by atoms with Crippen LogP contribution in [0.2, 0.25) is 5.15 Å². The van der Waals surface area contributed by atoms with Crippen molar-refractivity contribution in [2.24, 2.45) is 12.5 Å². The number of unbranched alkanes of at least 4 members (excludes halogenated alkanes) is 1. The third kappa shape index (κ3) is 3.42. The van der Waals surface area contributed by atoms with Crippen LogP contribution in [0.4, 0.5) is 0 Å². The number of rotatable bonds is 7. The molecule has 0 bridgehead atoms. The lowest BCUT2D eigenvalue weighted by Crippen LogP contribution is -2.25. The van der Waals surface area contributed by atoms with Gasteiger partial charge in [0.25, 0.3) is 0 Å². The smallest absolute Gasteiger partial charge is 0.130 e. The van der Waals surface area contributed by atoms with Gasteiger partial charge in [-0.2, -0.15) is 5.10 Å². The molecule has 1 heterocycles. The average molecular weight is 291 g/mol. The van der Waals surface area contributed by atoms with E-state index in [2.05, 4.69) is 18.9 Å². The van der Waals surface area contributed by atoms with E-state index < -0.39 is 0 Å². The Morgan fingerprint density at radius 1 is 1.33 bits per heavy atom. The van der Waals surface area contributed by atoms with Gasteiger partial charge in [0.1, 0.15) is 5.15 Å². The van der Waals surface area contributed by atoms with Gasteiger partial charge in [0.05, 0.1) is 5.69 Å². The van der Waals surface area contributed by atoms with Crippen LogP contribution in [0, 0.1) is 12.3 Å².